The monoisotopic (exact) mass is 294 g/mol. The second kappa shape index (κ2) is 7.33. The summed E-state index contributed by atoms with van der Waals surface area (Å²) >= 11 is 1.57. The normalized spacial score (nSPS) is 11.2. The van der Waals surface area contributed by atoms with Gasteiger partial charge in [-0.2, -0.15) is 0 Å². The van der Waals surface area contributed by atoms with Crippen LogP contribution in [0, 0.1) is 5.92 Å². The first-order valence-corrected chi connectivity index (χ1v) is 7.29. The van der Waals surface area contributed by atoms with Crippen LogP contribution < -0.4 is 5.48 Å². The van der Waals surface area contributed by atoms with E-state index in [-0.39, 0.29) is 12.5 Å². The Morgan fingerprint density at radius 3 is 2.95 bits per heavy atom. The topological polar surface area (TPSA) is 60.5 Å². The molecule has 6 heteroatoms. The predicted octanol–water partition coefficient (Wildman–Crippen LogP) is 2.52. The van der Waals surface area contributed by atoms with Crippen molar-refractivity contribution >= 4 is 27.5 Å². The van der Waals surface area contributed by atoms with Crippen LogP contribution in [0.3, 0.4) is 0 Å². The Labute approximate surface area is 121 Å². The molecule has 0 unspecified atom stereocenters. The molecule has 1 aromatic carbocycles. The molecule has 2 aromatic rings. The third-order valence-electron chi connectivity index (χ3n) is 2.40. The molecule has 1 N–H and O–H groups in total. The van der Waals surface area contributed by atoms with Crippen molar-refractivity contribution in [1.29, 1.82) is 0 Å². The number of fused-ring (bicyclic) bond motifs is 1. The maximum atomic E-state index is 11.4. The minimum atomic E-state index is -0.285. The zero-order valence-electron chi connectivity index (χ0n) is 11.6. The zero-order chi connectivity index (χ0) is 14.4. The van der Waals surface area contributed by atoms with Crippen LogP contribution in [0.2, 0.25) is 0 Å². The molecule has 1 aromatic heterocycles. The van der Waals surface area contributed by atoms with Crippen molar-refractivity contribution in [3.63, 3.8) is 0 Å². The van der Waals surface area contributed by atoms with Gasteiger partial charge in [-0.25, -0.2) is 10.5 Å². The number of amides is 1. The van der Waals surface area contributed by atoms with E-state index in [2.05, 4.69) is 10.5 Å². The summed E-state index contributed by atoms with van der Waals surface area (Å²) in [5.74, 6) is 0.0886. The van der Waals surface area contributed by atoms with Crippen molar-refractivity contribution in [2.45, 2.75) is 20.5 Å². The second-order valence-electron chi connectivity index (χ2n) is 4.80. The zero-order valence-corrected chi connectivity index (χ0v) is 12.4. The third-order valence-corrected chi connectivity index (χ3v) is 3.41. The number of hydrogen-bond donors (Lipinski definition) is 1. The number of para-hydroxylation sites is 1. The van der Waals surface area contributed by atoms with Crippen LogP contribution >= 0.6 is 11.3 Å². The van der Waals surface area contributed by atoms with Gasteiger partial charge in [-0.05, 0) is 18.1 Å². The summed E-state index contributed by atoms with van der Waals surface area (Å²) in [5.41, 5.74) is 3.31. The lowest BCUT2D eigenvalue weighted by molar-refractivity contribution is -0.139. The Morgan fingerprint density at radius 1 is 1.40 bits per heavy atom. The average molecular weight is 294 g/mol. The SMILES string of the molecule is CC(C)CONC(=O)COCc1nc2ccccc2s1. The van der Waals surface area contributed by atoms with E-state index >= 15 is 0 Å². The number of carbonyl (C=O) groups is 1. The van der Waals surface area contributed by atoms with Crippen molar-refractivity contribution in [3.8, 4) is 0 Å². The lowest BCUT2D eigenvalue weighted by Crippen LogP contribution is -2.29. The van der Waals surface area contributed by atoms with Crippen molar-refractivity contribution in [3.05, 3.63) is 29.3 Å². The minimum absolute atomic E-state index is 0.0337. The van der Waals surface area contributed by atoms with Crippen molar-refractivity contribution in [2.24, 2.45) is 5.92 Å². The summed E-state index contributed by atoms with van der Waals surface area (Å²) in [6.07, 6.45) is 0. The van der Waals surface area contributed by atoms with Crippen LogP contribution in [-0.2, 0) is 21.0 Å². The fraction of sp³-hybridized carbons (Fsp3) is 0.429. The van der Waals surface area contributed by atoms with Crippen molar-refractivity contribution < 1.29 is 14.4 Å². The lowest BCUT2D eigenvalue weighted by atomic mass is 10.2. The van der Waals surface area contributed by atoms with Gasteiger partial charge in [-0.15, -0.1) is 11.3 Å². The van der Waals surface area contributed by atoms with Crippen molar-refractivity contribution in [2.75, 3.05) is 13.2 Å². The number of hydrogen-bond acceptors (Lipinski definition) is 5. The highest BCUT2D eigenvalue weighted by Gasteiger charge is 2.06. The van der Waals surface area contributed by atoms with E-state index in [1.165, 1.54) is 0 Å². The quantitative estimate of drug-likeness (QED) is 0.797. The molecule has 1 amide bonds. The van der Waals surface area contributed by atoms with Crippen LogP contribution in [-0.4, -0.2) is 24.1 Å². The summed E-state index contributed by atoms with van der Waals surface area (Å²) in [6.45, 7) is 4.81. The highest BCUT2D eigenvalue weighted by molar-refractivity contribution is 7.18. The van der Waals surface area contributed by atoms with Gasteiger partial charge in [0.25, 0.3) is 5.91 Å². The molecule has 0 saturated carbocycles. The molecule has 0 aliphatic heterocycles. The molecule has 1 heterocycles. The number of nitrogens with one attached hydrogen (secondary N) is 1. The second-order valence-corrected chi connectivity index (χ2v) is 5.91. The molecule has 0 saturated heterocycles. The molecule has 0 spiro atoms. The summed E-state index contributed by atoms with van der Waals surface area (Å²) in [7, 11) is 0. The van der Waals surface area contributed by atoms with Crippen LogP contribution in [0.1, 0.15) is 18.9 Å². The first kappa shape index (κ1) is 14.9. The van der Waals surface area contributed by atoms with Gasteiger partial charge in [0, 0.05) is 0 Å². The maximum absolute atomic E-state index is 11.4. The smallest absolute Gasteiger partial charge is 0.269 e. The van der Waals surface area contributed by atoms with Gasteiger partial charge in [-0.1, -0.05) is 26.0 Å². The third kappa shape index (κ3) is 4.56. The summed E-state index contributed by atoms with van der Waals surface area (Å²) in [6, 6.07) is 7.90. The molecule has 0 radical (unpaired) electrons. The van der Waals surface area contributed by atoms with E-state index in [9.17, 15) is 4.79 Å². The molecule has 20 heavy (non-hydrogen) atoms. The van der Waals surface area contributed by atoms with E-state index in [0.29, 0.717) is 19.1 Å². The van der Waals surface area contributed by atoms with E-state index < -0.39 is 0 Å². The van der Waals surface area contributed by atoms with E-state index in [0.717, 1.165) is 15.2 Å². The fourth-order valence-electron chi connectivity index (χ4n) is 1.53. The standard InChI is InChI=1S/C14H18N2O3S/c1-10(2)7-19-16-13(17)8-18-9-14-15-11-5-3-4-6-12(11)20-14/h3-6,10H,7-9H2,1-2H3,(H,16,17). The first-order chi connectivity index (χ1) is 9.65. The number of hydroxylamine groups is 1. The van der Waals surface area contributed by atoms with Crippen LogP contribution in [0.25, 0.3) is 10.2 Å². The van der Waals surface area contributed by atoms with Crippen molar-refractivity contribution in [1.82, 2.24) is 10.5 Å². The molecular weight excluding hydrogens is 276 g/mol. The number of aromatic nitrogens is 1. The van der Waals surface area contributed by atoms with Crippen LogP contribution in [0.4, 0.5) is 0 Å². The molecule has 108 valence electrons. The summed E-state index contributed by atoms with van der Waals surface area (Å²) in [4.78, 5) is 20.8. The minimum Gasteiger partial charge on any atom is -0.364 e. The largest absolute Gasteiger partial charge is 0.364 e. The van der Waals surface area contributed by atoms with Gasteiger partial charge in [0.2, 0.25) is 0 Å². The van der Waals surface area contributed by atoms with Gasteiger partial charge in [0.15, 0.2) is 0 Å². The number of ether oxygens (including phenoxy) is 1. The van der Waals surface area contributed by atoms with E-state index in [1.807, 2.05) is 38.1 Å². The highest BCUT2D eigenvalue weighted by Crippen LogP contribution is 2.21. The average Bonchev–Trinajstić information content (AvgIpc) is 2.80. The number of rotatable bonds is 7. The van der Waals surface area contributed by atoms with Gasteiger partial charge >= 0.3 is 0 Å². The fourth-order valence-corrected chi connectivity index (χ4v) is 2.44. The first-order valence-electron chi connectivity index (χ1n) is 6.48. The molecule has 0 aliphatic carbocycles. The Kier molecular flexibility index (Phi) is 5.46. The summed E-state index contributed by atoms with van der Waals surface area (Å²) in [5, 5.41) is 0.863. The Hall–Kier alpha value is -1.50. The molecule has 0 fully saturated rings. The summed E-state index contributed by atoms with van der Waals surface area (Å²) < 4.78 is 6.45. The number of benzene rings is 1. The molecule has 0 bridgehead atoms. The van der Waals surface area contributed by atoms with Crippen LogP contribution in [0.5, 0.6) is 0 Å². The Bertz CT molecular complexity index is 535. The molecule has 0 atom stereocenters. The van der Waals surface area contributed by atoms with Crippen LogP contribution in [0.15, 0.2) is 24.3 Å². The van der Waals surface area contributed by atoms with Gasteiger partial charge in [0.05, 0.1) is 23.4 Å². The molecule has 5 nitrogen and oxygen atoms in total. The van der Waals surface area contributed by atoms with Gasteiger partial charge in [-0.3, -0.25) is 9.63 Å². The van der Waals surface area contributed by atoms with Gasteiger partial charge in [0.1, 0.15) is 11.6 Å². The highest BCUT2D eigenvalue weighted by atomic mass is 32.1. The Balaban J connectivity index is 1.71. The van der Waals surface area contributed by atoms with Gasteiger partial charge < -0.3 is 4.74 Å². The number of thiazole rings is 1. The lowest BCUT2D eigenvalue weighted by Gasteiger charge is -2.07. The predicted molar refractivity (Wildman–Crippen MR) is 78.2 cm³/mol. The Morgan fingerprint density at radius 2 is 2.20 bits per heavy atom. The maximum Gasteiger partial charge on any atom is 0.269 e. The molecule has 2 rings (SSSR count). The number of carbonyl (C=O) groups excluding carboxylic acids is 1. The number of nitrogens with zero attached hydrogens (tertiary/aromatic N) is 1. The van der Waals surface area contributed by atoms with E-state index in [1.54, 1.807) is 11.3 Å². The molecule has 0 aliphatic rings. The van der Waals surface area contributed by atoms with E-state index in [4.69, 9.17) is 9.57 Å². The molecular formula is C14H18N2O3S.